The van der Waals surface area contributed by atoms with Gasteiger partial charge >= 0.3 is 5.97 Å². The van der Waals surface area contributed by atoms with Crippen LogP contribution in [0.5, 0.6) is 0 Å². The minimum Gasteiger partial charge on any atom is -0.478 e. The van der Waals surface area contributed by atoms with Gasteiger partial charge in [-0.2, -0.15) is 0 Å². The molecule has 2 nitrogen and oxygen atoms in total. The molecule has 0 amide bonds. The summed E-state index contributed by atoms with van der Waals surface area (Å²) in [6, 6.07) is 6.55. The number of rotatable bonds is 2. The quantitative estimate of drug-likeness (QED) is 0.666. The van der Waals surface area contributed by atoms with Gasteiger partial charge in [-0.1, -0.05) is 12.1 Å². The number of terminal acetylenes is 1. The standard InChI is InChI=1S/C10H8O2/c1-2-3-8-4-6-9(7-5-8)10(11)12/h1,4-7H,3H2,(H,11,12). The molecule has 0 unspecified atom stereocenters. The summed E-state index contributed by atoms with van der Waals surface area (Å²) >= 11 is 0. The Balaban J connectivity index is 2.87. The Morgan fingerprint density at radius 3 is 2.42 bits per heavy atom. The number of hydrogen-bond acceptors (Lipinski definition) is 1. The molecule has 2 heteroatoms. The fourth-order valence-corrected chi connectivity index (χ4v) is 0.883. The molecule has 60 valence electrons. The zero-order chi connectivity index (χ0) is 8.97. The molecule has 0 atom stereocenters. The summed E-state index contributed by atoms with van der Waals surface area (Å²) in [5, 5.41) is 8.57. The molecule has 0 saturated heterocycles. The topological polar surface area (TPSA) is 37.3 Å². The number of carboxylic acid groups (broad SMARTS) is 1. The van der Waals surface area contributed by atoms with Crippen LogP contribution in [0.25, 0.3) is 0 Å². The third-order valence-corrected chi connectivity index (χ3v) is 1.51. The first-order chi connectivity index (χ1) is 5.74. The lowest BCUT2D eigenvalue weighted by Crippen LogP contribution is -1.95. The summed E-state index contributed by atoms with van der Waals surface area (Å²) in [6.07, 6.45) is 5.63. The van der Waals surface area contributed by atoms with Crippen molar-refractivity contribution in [1.29, 1.82) is 0 Å². The summed E-state index contributed by atoms with van der Waals surface area (Å²) in [7, 11) is 0. The van der Waals surface area contributed by atoms with Crippen molar-refractivity contribution < 1.29 is 9.90 Å². The number of benzene rings is 1. The van der Waals surface area contributed by atoms with Crippen molar-refractivity contribution in [3.63, 3.8) is 0 Å². The van der Waals surface area contributed by atoms with Gasteiger partial charge in [0, 0.05) is 6.42 Å². The van der Waals surface area contributed by atoms with Crippen molar-refractivity contribution in [2.24, 2.45) is 0 Å². The van der Waals surface area contributed by atoms with Crippen molar-refractivity contribution in [3.8, 4) is 12.3 Å². The molecule has 0 aliphatic rings. The van der Waals surface area contributed by atoms with Gasteiger partial charge in [-0.3, -0.25) is 0 Å². The number of carbonyl (C=O) groups is 1. The normalized spacial score (nSPS) is 8.92. The second-order valence-corrected chi connectivity index (χ2v) is 2.38. The molecule has 1 aromatic carbocycles. The van der Waals surface area contributed by atoms with Crippen LogP contribution in [0, 0.1) is 12.3 Å². The van der Waals surface area contributed by atoms with Crippen molar-refractivity contribution in [2.75, 3.05) is 0 Å². The van der Waals surface area contributed by atoms with Crippen LogP contribution in [0.3, 0.4) is 0 Å². The Morgan fingerprint density at radius 2 is 2.00 bits per heavy atom. The van der Waals surface area contributed by atoms with Gasteiger partial charge in [0.05, 0.1) is 5.56 Å². The highest BCUT2D eigenvalue weighted by Crippen LogP contribution is 2.04. The maximum Gasteiger partial charge on any atom is 0.335 e. The maximum atomic E-state index is 10.4. The molecular weight excluding hydrogens is 152 g/mol. The zero-order valence-electron chi connectivity index (χ0n) is 6.45. The molecule has 0 spiro atoms. The smallest absolute Gasteiger partial charge is 0.335 e. The van der Waals surface area contributed by atoms with Crippen molar-refractivity contribution in [2.45, 2.75) is 6.42 Å². The highest BCUT2D eigenvalue weighted by molar-refractivity contribution is 5.87. The molecule has 0 aliphatic carbocycles. The van der Waals surface area contributed by atoms with Crippen molar-refractivity contribution in [1.82, 2.24) is 0 Å². The first kappa shape index (κ1) is 8.35. The first-order valence-corrected chi connectivity index (χ1v) is 3.49. The minimum atomic E-state index is -0.915. The van der Waals surface area contributed by atoms with Crippen LogP contribution in [-0.4, -0.2) is 11.1 Å². The largest absolute Gasteiger partial charge is 0.478 e. The van der Waals surface area contributed by atoms with Crippen molar-refractivity contribution in [3.05, 3.63) is 35.4 Å². The van der Waals surface area contributed by atoms with E-state index in [1.165, 1.54) is 0 Å². The molecule has 12 heavy (non-hydrogen) atoms. The lowest BCUT2D eigenvalue weighted by molar-refractivity contribution is 0.0697. The predicted molar refractivity (Wildman–Crippen MR) is 45.9 cm³/mol. The third kappa shape index (κ3) is 1.86. The van der Waals surface area contributed by atoms with Crippen LogP contribution in [0.1, 0.15) is 15.9 Å². The molecule has 1 rings (SSSR count). The van der Waals surface area contributed by atoms with Gasteiger partial charge in [-0.25, -0.2) is 4.79 Å². The molecule has 0 aromatic heterocycles. The van der Waals surface area contributed by atoms with E-state index in [1.54, 1.807) is 24.3 Å². The lowest BCUT2D eigenvalue weighted by Gasteiger charge is -1.95. The second kappa shape index (κ2) is 3.59. The Bertz CT molecular complexity index is 317. The van der Waals surface area contributed by atoms with Gasteiger partial charge in [-0.05, 0) is 17.7 Å². The highest BCUT2D eigenvalue weighted by Gasteiger charge is 2.00. The fourth-order valence-electron chi connectivity index (χ4n) is 0.883. The molecule has 0 heterocycles. The number of aromatic carboxylic acids is 1. The summed E-state index contributed by atoms with van der Waals surface area (Å²) in [4.78, 5) is 10.4. The van der Waals surface area contributed by atoms with Crippen LogP contribution in [0.2, 0.25) is 0 Å². The van der Waals surface area contributed by atoms with Crippen LogP contribution in [0.15, 0.2) is 24.3 Å². The van der Waals surface area contributed by atoms with E-state index in [-0.39, 0.29) is 5.56 Å². The maximum absolute atomic E-state index is 10.4. The van der Waals surface area contributed by atoms with Gasteiger partial charge < -0.3 is 5.11 Å². The van der Waals surface area contributed by atoms with E-state index in [0.29, 0.717) is 6.42 Å². The summed E-state index contributed by atoms with van der Waals surface area (Å²) in [6.45, 7) is 0. The Hall–Kier alpha value is -1.75. The minimum absolute atomic E-state index is 0.288. The second-order valence-electron chi connectivity index (χ2n) is 2.38. The third-order valence-electron chi connectivity index (χ3n) is 1.51. The van der Waals surface area contributed by atoms with Gasteiger partial charge in [0.15, 0.2) is 0 Å². The average Bonchev–Trinajstić information content (AvgIpc) is 2.06. The molecule has 1 N–H and O–H groups in total. The Kier molecular flexibility index (Phi) is 2.49. The van der Waals surface area contributed by atoms with E-state index in [4.69, 9.17) is 11.5 Å². The highest BCUT2D eigenvalue weighted by atomic mass is 16.4. The Morgan fingerprint density at radius 1 is 1.42 bits per heavy atom. The predicted octanol–water partition coefficient (Wildman–Crippen LogP) is 1.56. The molecule has 0 fully saturated rings. The molecule has 0 aliphatic heterocycles. The molecule has 0 saturated carbocycles. The zero-order valence-corrected chi connectivity index (χ0v) is 6.45. The lowest BCUT2D eigenvalue weighted by atomic mass is 10.1. The monoisotopic (exact) mass is 160 g/mol. The first-order valence-electron chi connectivity index (χ1n) is 3.49. The Labute approximate surface area is 70.8 Å². The number of carboxylic acids is 1. The van der Waals surface area contributed by atoms with Crippen LogP contribution in [0.4, 0.5) is 0 Å². The van der Waals surface area contributed by atoms with E-state index in [9.17, 15) is 4.79 Å². The van der Waals surface area contributed by atoms with Gasteiger partial charge in [0.1, 0.15) is 0 Å². The van der Waals surface area contributed by atoms with Crippen molar-refractivity contribution >= 4 is 5.97 Å². The van der Waals surface area contributed by atoms with E-state index in [0.717, 1.165) is 5.56 Å². The molecule has 1 aromatic rings. The van der Waals surface area contributed by atoms with Crippen LogP contribution < -0.4 is 0 Å². The summed E-state index contributed by atoms with van der Waals surface area (Å²) < 4.78 is 0. The van der Waals surface area contributed by atoms with Crippen LogP contribution in [-0.2, 0) is 6.42 Å². The van der Waals surface area contributed by atoms with E-state index in [1.807, 2.05) is 0 Å². The van der Waals surface area contributed by atoms with Gasteiger partial charge in [0.25, 0.3) is 0 Å². The summed E-state index contributed by atoms with van der Waals surface area (Å²) in [5.74, 6) is 1.57. The van der Waals surface area contributed by atoms with E-state index < -0.39 is 5.97 Å². The fraction of sp³-hybridized carbons (Fsp3) is 0.100. The summed E-state index contributed by atoms with van der Waals surface area (Å²) in [5.41, 5.74) is 1.25. The van der Waals surface area contributed by atoms with Gasteiger partial charge in [0.2, 0.25) is 0 Å². The van der Waals surface area contributed by atoms with Crippen LogP contribution >= 0.6 is 0 Å². The molecule has 0 radical (unpaired) electrons. The van der Waals surface area contributed by atoms with Gasteiger partial charge in [-0.15, -0.1) is 12.3 Å². The average molecular weight is 160 g/mol. The molecule has 0 bridgehead atoms. The number of hydrogen-bond donors (Lipinski definition) is 1. The van der Waals surface area contributed by atoms with E-state index in [2.05, 4.69) is 5.92 Å². The SMILES string of the molecule is C#CCc1ccc(C(=O)O)cc1. The van der Waals surface area contributed by atoms with E-state index >= 15 is 0 Å². The molecular formula is C10H8O2.